The van der Waals surface area contributed by atoms with Crippen molar-refractivity contribution in [1.29, 1.82) is 0 Å². The number of fused-ring (bicyclic) bond motifs is 1. The Morgan fingerprint density at radius 1 is 1.55 bits per heavy atom. The minimum atomic E-state index is -0.360. The van der Waals surface area contributed by atoms with Crippen molar-refractivity contribution in [1.82, 2.24) is 15.2 Å². The van der Waals surface area contributed by atoms with E-state index < -0.39 is 0 Å². The summed E-state index contributed by atoms with van der Waals surface area (Å²) in [5.74, 6) is 0.169. The molecule has 1 amide bonds. The third-order valence-electron chi connectivity index (χ3n) is 3.88. The average molecular weight is 319 g/mol. The summed E-state index contributed by atoms with van der Waals surface area (Å²) < 4.78 is 6.72. The number of nitrogens with zero attached hydrogens (tertiary/aromatic N) is 2. The molecular formula is C16H21N3O2S. The zero-order valence-electron chi connectivity index (χ0n) is 12.9. The van der Waals surface area contributed by atoms with Gasteiger partial charge in [-0.25, -0.2) is 4.98 Å². The van der Waals surface area contributed by atoms with Crippen LogP contribution in [-0.4, -0.2) is 55.2 Å². The largest absolute Gasteiger partial charge is 0.366 e. The fraction of sp³-hybridized carbons (Fsp3) is 0.500. The summed E-state index contributed by atoms with van der Waals surface area (Å²) in [6, 6.07) is 8.11. The van der Waals surface area contributed by atoms with E-state index in [-0.39, 0.29) is 17.9 Å². The van der Waals surface area contributed by atoms with Gasteiger partial charge in [0.1, 0.15) is 6.10 Å². The Morgan fingerprint density at radius 2 is 2.36 bits per heavy atom. The molecule has 2 atom stereocenters. The highest BCUT2D eigenvalue weighted by molar-refractivity contribution is 7.18. The molecule has 2 aromatic rings. The third kappa shape index (κ3) is 3.45. The van der Waals surface area contributed by atoms with Crippen LogP contribution in [0.25, 0.3) is 10.2 Å². The van der Waals surface area contributed by atoms with Crippen LogP contribution in [0.4, 0.5) is 0 Å². The second-order valence-electron chi connectivity index (χ2n) is 5.79. The van der Waals surface area contributed by atoms with Gasteiger partial charge in [0, 0.05) is 25.6 Å². The number of thiazole rings is 1. The molecule has 0 aliphatic carbocycles. The highest BCUT2D eigenvalue weighted by Gasteiger charge is 2.25. The number of ether oxygens (including phenoxy) is 1. The van der Waals surface area contributed by atoms with E-state index in [4.69, 9.17) is 4.74 Å². The van der Waals surface area contributed by atoms with Crippen molar-refractivity contribution in [2.24, 2.45) is 0 Å². The highest BCUT2D eigenvalue weighted by Crippen LogP contribution is 2.26. The molecule has 0 spiro atoms. The van der Waals surface area contributed by atoms with E-state index in [2.05, 4.69) is 28.2 Å². The van der Waals surface area contributed by atoms with Gasteiger partial charge < -0.3 is 15.0 Å². The summed E-state index contributed by atoms with van der Waals surface area (Å²) in [6.45, 7) is 4.82. The van der Waals surface area contributed by atoms with Gasteiger partial charge in [-0.2, -0.15) is 0 Å². The molecule has 5 nitrogen and oxygen atoms in total. The van der Waals surface area contributed by atoms with Crippen LogP contribution in [0.2, 0.25) is 0 Å². The van der Waals surface area contributed by atoms with Crippen LogP contribution in [0.1, 0.15) is 17.8 Å². The number of hydrogen-bond donors (Lipinski definition) is 1. The maximum Gasteiger partial charge on any atom is 0.250 e. The first-order valence-electron chi connectivity index (χ1n) is 7.57. The maximum atomic E-state index is 12.2. The predicted octanol–water partition coefficient (Wildman–Crippen LogP) is 1.85. The molecule has 22 heavy (non-hydrogen) atoms. The van der Waals surface area contributed by atoms with Crippen molar-refractivity contribution >= 4 is 27.5 Å². The molecule has 0 saturated carbocycles. The molecule has 1 aliphatic rings. The van der Waals surface area contributed by atoms with E-state index in [9.17, 15) is 4.79 Å². The number of benzene rings is 1. The molecule has 1 aliphatic heterocycles. The van der Waals surface area contributed by atoms with Gasteiger partial charge >= 0.3 is 0 Å². The van der Waals surface area contributed by atoms with Crippen molar-refractivity contribution in [2.45, 2.75) is 18.9 Å². The number of carbonyl (C=O) groups excluding carboxylic acids is 1. The number of morpholine rings is 1. The summed E-state index contributed by atoms with van der Waals surface area (Å²) in [4.78, 5) is 18.9. The van der Waals surface area contributed by atoms with Crippen LogP contribution in [0.5, 0.6) is 0 Å². The number of carbonyl (C=O) groups is 1. The van der Waals surface area contributed by atoms with Gasteiger partial charge in [-0.1, -0.05) is 19.1 Å². The summed E-state index contributed by atoms with van der Waals surface area (Å²) in [5, 5.41) is 4.05. The number of aromatic nitrogens is 1. The maximum absolute atomic E-state index is 12.2. The number of para-hydroxylation sites is 1. The zero-order valence-corrected chi connectivity index (χ0v) is 13.7. The van der Waals surface area contributed by atoms with Gasteiger partial charge in [0.2, 0.25) is 5.91 Å². The van der Waals surface area contributed by atoms with Crippen LogP contribution in [0.3, 0.4) is 0 Å². The predicted molar refractivity (Wildman–Crippen MR) is 88.3 cm³/mol. The highest BCUT2D eigenvalue weighted by atomic mass is 32.1. The van der Waals surface area contributed by atoms with Gasteiger partial charge in [-0.3, -0.25) is 4.79 Å². The van der Waals surface area contributed by atoms with Crippen molar-refractivity contribution in [3.05, 3.63) is 29.3 Å². The molecule has 1 aromatic heterocycles. The summed E-state index contributed by atoms with van der Waals surface area (Å²) in [5.41, 5.74) is 1.03. The molecule has 118 valence electrons. The SMILES string of the molecule is CC(CNC(=O)C1CN(C)CCO1)c1nc2ccccc2s1. The molecule has 0 bridgehead atoms. The molecule has 3 rings (SSSR count). The molecule has 2 heterocycles. The van der Waals surface area contributed by atoms with Crippen molar-refractivity contribution in [2.75, 3.05) is 33.3 Å². The Bertz CT molecular complexity index is 625. The molecule has 0 radical (unpaired) electrons. The van der Waals surface area contributed by atoms with Crippen molar-refractivity contribution < 1.29 is 9.53 Å². The Kier molecular flexibility index (Phi) is 4.71. The molecule has 1 N–H and O–H groups in total. The number of rotatable bonds is 4. The molecule has 1 saturated heterocycles. The first-order chi connectivity index (χ1) is 10.6. The van der Waals surface area contributed by atoms with E-state index in [1.54, 1.807) is 11.3 Å². The van der Waals surface area contributed by atoms with E-state index in [0.717, 1.165) is 17.1 Å². The van der Waals surface area contributed by atoms with E-state index in [0.29, 0.717) is 19.7 Å². The van der Waals surface area contributed by atoms with E-state index in [1.165, 1.54) is 4.70 Å². The first-order valence-corrected chi connectivity index (χ1v) is 8.38. The number of amides is 1. The van der Waals surface area contributed by atoms with Crippen molar-refractivity contribution in [3.8, 4) is 0 Å². The van der Waals surface area contributed by atoms with Gasteiger partial charge in [-0.15, -0.1) is 11.3 Å². The topological polar surface area (TPSA) is 54.5 Å². The smallest absolute Gasteiger partial charge is 0.250 e. The molecule has 2 unspecified atom stereocenters. The molecule has 1 aromatic carbocycles. The molecule has 1 fully saturated rings. The quantitative estimate of drug-likeness (QED) is 0.934. The lowest BCUT2D eigenvalue weighted by atomic mass is 10.2. The third-order valence-corrected chi connectivity index (χ3v) is 5.14. The molecule has 6 heteroatoms. The minimum absolute atomic E-state index is 0.0282. The van der Waals surface area contributed by atoms with E-state index in [1.807, 2.05) is 25.2 Å². The van der Waals surface area contributed by atoms with Crippen LogP contribution in [-0.2, 0) is 9.53 Å². The van der Waals surface area contributed by atoms with Crippen LogP contribution in [0, 0.1) is 0 Å². The number of nitrogens with one attached hydrogen (secondary N) is 1. The fourth-order valence-electron chi connectivity index (χ4n) is 2.49. The second-order valence-corrected chi connectivity index (χ2v) is 6.85. The number of hydrogen-bond acceptors (Lipinski definition) is 5. The van der Waals surface area contributed by atoms with Crippen LogP contribution >= 0.6 is 11.3 Å². The van der Waals surface area contributed by atoms with Crippen LogP contribution in [0.15, 0.2) is 24.3 Å². The first kappa shape index (κ1) is 15.4. The summed E-state index contributed by atoms with van der Waals surface area (Å²) >= 11 is 1.69. The average Bonchev–Trinajstić information content (AvgIpc) is 2.96. The van der Waals surface area contributed by atoms with Gasteiger partial charge in [0.05, 0.1) is 21.8 Å². The lowest BCUT2D eigenvalue weighted by Gasteiger charge is -2.29. The Morgan fingerprint density at radius 3 is 3.14 bits per heavy atom. The zero-order chi connectivity index (χ0) is 15.5. The Balaban J connectivity index is 1.57. The Hall–Kier alpha value is -1.50. The number of likely N-dealkylation sites (N-methyl/N-ethyl adjacent to an activating group) is 1. The molecular weight excluding hydrogens is 298 g/mol. The summed E-state index contributed by atoms with van der Waals surface area (Å²) in [6.07, 6.45) is -0.360. The lowest BCUT2D eigenvalue weighted by molar-refractivity contribution is -0.137. The minimum Gasteiger partial charge on any atom is -0.366 e. The van der Waals surface area contributed by atoms with Gasteiger partial charge in [0.25, 0.3) is 0 Å². The van der Waals surface area contributed by atoms with Gasteiger partial charge in [-0.05, 0) is 19.2 Å². The Labute approximate surface area is 134 Å². The second kappa shape index (κ2) is 6.73. The van der Waals surface area contributed by atoms with Crippen LogP contribution < -0.4 is 5.32 Å². The monoisotopic (exact) mass is 319 g/mol. The normalized spacial score (nSPS) is 20.9. The van der Waals surface area contributed by atoms with Gasteiger partial charge in [0.15, 0.2) is 0 Å². The fourth-order valence-corrected chi connectivity index (χ4v) is 3.51. The lowest BCUT2D eigenvalue weighted by Crippen LogP contribution is -2.48. The van der Waals surface area contributed by atoms with Crippen molar-refractivity contribution in [3.63, 3.8) is 0 Å². The van der Waals surface area contributed by atoms with E-state index >= 15 is 0 Å². The standard InChI is InChI=1S/C16H21N3O2S/c1-11(16-18-12-5-3-4-6-14(12)22-16)9-17-15(20)13-10-19(2)7-8-21-13/h3-6,11,13H,7-10H2,1-2H3,(H,17,20). The summed E-state index contributed by atoms with van der Waals surface area (Å²) in [7, 11) is 2.01.